The van der Waals surface area contributed by atoms with Gasteiger partial charge in [0.15, 0.2) is 6.10 Å². The topological polar surface area (TPSA) is 78.9 Å². The van der Waals surface area contributed by atoms with Gasteiger partial charge in [0.1, 0.15) is 13.2 Å². The van der Waals surface area contributed by atoms with Crippen LogP contribution < -0.4 is 0 Å². The molecular weight excluding hydrogens is 829 g/mol. The van der Waals surface area contributed by atoms with E-state index in [-0.39, 0.29) is 31.1 Å². The zero-order valence-corrected chi connectivity index (χ0v) is 43.9. The summed E-state index contributed by atoms with van der Waals surface area (Å²) < 4.78 is 16.8. The highest BCUT2D eigenvalue weighted by atomic mass is 16.6. The summed E-state index contributed by atoms with van der Waals surface area (Å²) >= 11 is 0. The first-order chi connectivity index (χ1) is 33.0. The molecule has 384 valence electrons. The smallest absolute Gasteiger partial charge is 0.306 e. The molecule has 0 saturated heterocycles. The Labute approximate surface area is 414 Å². The molecule has 0 aliphatic rings. The molecule has 0 fully saturated rings. The molecule has 0 aromatic rings. The maximum Gasteiger partial charge on any atom is 0.306 e. The molecule has 6 heteroatoms. The van der Waals surface area contributed by atoms with Gasteiger partial charge in [-0.05, 0) is 96.3 Å². The minimum atomic E-state index is -0.793. The first kappa shape index (κ1) is 63.6. The quantitative estimate of drug-likeness (QED) is 0.0262. The van der Waals surface area contributed by atoms with E-state index in [1.54, 1.807) is 0 Å². The summed E-state index contributed by atoms with van der Waals surface area (Å²) in [6, 6.07) is 0. The minimum Gasteiger partial charge on any atom is -0.462 e. The van der Waals surface area contributed by atoms with Gasteiger partial charge in [0.2, 0.25) is 0 Å². The van der Waals surface area contributed by atoms with Crippen molar-refractivity contribution in [1.29, 1.82) is 0 Å². The monoisotopic (exact) mass is 933 g/mol. The molecule has 0 aliphatic carbocycles. The van der Waals surface area contributed by atoms with Crippen molar-refractivity contribution in [3.05, 3.63) is 85.1 Å². The average Bonchev–Trinajstić information content (AvgIpc) is 3.33. The second-order valence-electron chi connectivity index (χ2n) is 18.5. The lowest BCUT2D eigenvalue weighted by Gasteiger charge is -2.18. The van der Waals surface area contributed by atoms with Gasteiger partial charge < -0.3 is 14.2 Å². The number of carbonyl (C=O) groups excluding carboxylic acids is 3. The first-order valence-electron chi connectivity index (χ1n) is 28.1. The van der Waals surface area contributed by atoms with E-state index in [1.165, 1.54) is 116 Å². The number of allylic oxidation sites excluding steroid dienone is 14. The number of hydrogen-bond donors (Lipinski definition) is 0. The van der Waals surface area contributed by atoms with Gasteiger partial charge in [-0.2, -0.15) is 0 Å². The van der Waals surface area contributed by atoms with Crippen molar-refractivity contribution in [2.24, 2.45) is 0 Å². The van der Waals surface area contributed by atoms with Gasteiger partial charge in [-0.15, -0.1) is 0 Å². The highest BCUT2D eigenvalue weighted by Gasteiger charge is 2.19. The summed E-state index contributed by atoms with van der Waals surface area (Å²) in [4.78, 5) is 38.1. The molecule has 0 saturated carbocycles. The molecule has 67 heavy (non-hydrogen) atoms. The molecule has 0 N–H and O–H groups in total. The van der Waals surface area contributed by atoms with Crippen LogP contribution in [0.1, 0.15) is 265 Å². The second kappa shape index (κ2) is 55.2. The first-order valence-corrected chi connectivity index (χ1v) is 28.1. The summed E-state index contributed by atoms with van der Waals surface area (Å²) in [5.41, 5.74) is 0. The molecule has 0 amide bonds. The van der Waals surface area contributed by atoms with Gasteiger partial charge in [-0.3, -0.25) is 14.4 Å². The Morgan fingerprint density at radius 2 is 0.582 bits per heavy atom. The van der Waals surface area contributed by atoms with Crippen LogP contribution in [0.15, 0.2) is 85.1 Å². The van der Waals surface area contributed by atoms with Crippen molar-refractivity contribution >= 4 is 17.9 Å². The van der Waals surface area contributed by atoms with E-state index >= 15 is 0 Å². The Kier molecular flexibility index (Phi) is 52.4. The van der Waals surface area contributed by atoms with Crippen LogP contribution in [0.2, 0.25) is 0 Å². The van der Waals surface area contributed by atoms with E-state index in [0.717, 1.165) is 109 Å². The molecule has 1 atom stereocenters. The highest BCUT2D eigenvalue weighted by molar-refractivity contribution is 5.71. The van der Waals surface area contributed by atoms with Crippen molar-refractivity contribution in [2.75, 3.05) is 13.2 Å². The van der Waals surface area contributed by atoms with Crippen molar-refractivity contribution < 1.29 is 28.6 Å². The van der Waals surface area contributed by atoms with Crippen LogP contribution >= 0.6 is 0 Å². The number of ether oxygens (including phenoxy) is 3. The van der Waals surface area contributed by atoms with Gasteiger partial charge in [-0.1, -0.05) is 234 Å². The maximum absolute atomic E-state index is 12.8. The molecule has 0 aromatic carbocycles. The van der Waals surface area contributed by atoms with E-state index in [4.69, 9.17) is 14.2 Å². The molecule has 0 rings (SSSR count). The number of hydrogen-bond acceptors (Lipinski definition) is 6. The molecule has 0 aromatic heterocycles. The molecule has 1 unspecified atom stereocenters. The van der Waals surface area contributed by atoms with Crippen molar-refractivity contribution in [1.82, 2.24) is 0 Å². The fourth-order valence-electron chi connectivity index (χ4n) is 7.68. The molecule has 0 aliphatic heterocycles. The van der Waals surface area contributed by atoms with E-state index in [9.17, 15) is 14.4 Å². The van der Waals surface area contributed by atoms with E-state index < -0.39 is 6.10 Å². The van der Waals surface area contributed by atoms with Crippen LogP contribution in [0.3, 0.4) is 0 Å². The van der Waals surface area contributed by atoms with Crippen LogP contribution in [0, 0.1) is 0 Å². The zero-order valence-electron chi connectivity index (χ0n) is 43.9. The van der Waals surface area contributed by atoms with Crippen molar-refractivity contribution in [3.8, 4) is 0 Å². The Hall–Kier alpha value is -3.41. The number of unbranched alkanes of at least 4 members (excludes halogenated alkanes) is 25. The van der Waals surface area contributed by atoms with Crippen LogP contribution in [-0.4, -0.2) is 37.2 Å². The van der Waals surface area contributed by atoms with Gasteiger partial charge in [0.25, 0.3) is 0 Å². The molecule has 0 heterocycles. The summed E-state index contributed by atoms with van der Waals surface area (Å²) in [7, 11) is 0. The number of esters is 3. The summed E-state index contributed by atoms with van der Waals surface area (Å²) in [6.45, 7) is 6.48. The molecule has 0 bridgehead atoms. The largest absolute Gasteiger partial charge is 0.462 e. The van der Waals surface area contributed by atoms with Crippen LogP contribution in [0.4, 0.5) is 0 Å². The Morgan fingerprint density at radius 3 is 0.955 bits per heavy atom. The van der Waals surface area contributed by atoms with Gasteiger partial charge >= 0.3 is 17.9 Å². The summed E-state index contributed by atoms with van der Waals surface area (Å²) in [5, 5.41) is 0. The molecule has 6 nitrogen and oxygen atoms in total. The standard InChI is InChI=1S/C61H104O6/c1-4-7-10-13-16-19-22-25-27-29-30-32-33-36-39-42-45-48-51-54-60(63)66-57-58(56-65-59(62)53-50-47-44-41-38-35-24-21-18-15-12-9-6-3)67-61(64)55-52-49-46-43-40-37-34-31-28-26-23-20-17-14-11-8-5-2/h7,10,16-17,19-20,25-28,30,32,36,39,58H,4-6,8-9,11-15,18,21-24,29,31,33-35,37-38,40-57H2,1-3H3/b10-7-,19-16-,20-17-,27-25-,28-26-,32-30-,39-36-. The molecule has 0 spiro atoms. The van der Waals surface area contributed by atoms with E-state index in [2.05, 4.69) is 106 Å². The van der Waals surface area contributed by atoms with Crippen LogP contribution in [0.25, 0.3) is 0 Å². The predicted octanol–water partition coefficient (Wildman–Crippen LogP) is 18.8. The minimum absolute atomic E-state index is 0.0888. The maximum atomic E-state index is 12.8. The predicted molar refractivity (Wildman–Crippen MR) is 288 cm³/mol. The average molecular weight is 933 g/mol. The van der Waals surface area contributed by atoms with Gasteiger partial charge in [-0.25, -0.2) is 0 Å². The molecule has 0 radical (unpaired) electrons. The van der Waals surface area contributed by atoms with E-state index in [0.29, 0.717) is 19.3 Å². The third-order valence-corrected chi connectivity index (χ3v) is 11.9. The fraction of sp³-hybridized carbons (Fsp3) is 0.721. The number of rotatable bonds is 50. The Bertz CT molecular complexity index is 1300. The highest BCUT2D eigenvalue weighted by Crippen LogP contribution is 2.15. The van der Waals surface area contributed by atoms with Gasteiger partial charge in [0, 0.05) is 19.3 Å². The summed E-state index contributed by atoms with van der Waals surface area (Å²) in [5.74, 6) is -0.925. The fourth-order valence-corrected chi connectivity index (χ4v) is 7.68. The lowest BCUT2D eigenvalue weighted by Crippen LogP contribution is -2.30. The van der Waals surface area contributed by atoms with Crippen LogP contribution in [-0.2, 0) is 28.6 Å². The third-order valence-electron chi connectivity index (χ3n) is 11.9. The normalized spacial score (nSPS) is 12.7. The Morgan fingerprint density at radius 1 is 0.313 bits per heavy atom. The zero-order chi connectivity index (χ0) is 48.6. The van der Waals surface area contributed by atoms with Crippen LogP contribution in [0.5, 0.6) is 0 Å². The number of carbonyl (C=O) groups is 3. The SMILES string of the molecule is CC/C=C\C/C=C\C/C=C\C/C=C\C/C=C\CCCCCC(=O)OCC(COC(=O)CCCCCCCCCCCCCCC)OC(=O)CCCCCCCCC/C=C\C/C=C\CCCCC. The molecular formula is C61H104O6. The van der Waals surface area contributed by atoms with Crippen molar-refractivity contribution in [2.45, 2.75) is 271 Å². The van der Waals surface area contributed by atoms with E-state index in [1.807, 2.05) is 0 Å². The third kappa shape index (κ3) is 53.4. The Balaban J connectivity index is 4.45. The second-order valence-corrected chi connectivity index (χ2v) is 18.5. The van der Waals surface area contributed by atoms with Crippen molar-refractivity contribution in [3.63, 3.8) is 0 Å². The lowest BCUT2D eigenvalue weighted by molar-refractivity contribution is -0.167. The lowest BCUT2D eigenvalue weighted by atomic mass is 10.0. The summed E-state index contributed by atoms with van der Waals surface area (Å²) in [6.07, 6.45) is 71.3. The van der Waals surface area contributed by atoms with Gasteiger partial charge in [0.05, 0.1) is 0 Å².